The zero-order valence-electron chi connectivity index (χ0n) is 24.9. The number of likely N-dealkylation sites (N-methyl/N-ethyl adjacent to an activating group) is 1. The van der Waals surface area contributed by atoms with Crippen LogP contribution in [-0.2, 0) is 14.3 Å². The van der Waals surface area contributed by atoms with E-state index in [1.54, 1.807) is 18.1 Å². The Morgan fingerprint density at radius 3 is 2.71 bits per heavy atom. The van der Waals surface area contributed by atoms with Gasteiger partial charge in [0.1, 0.15) is 5.78 Å². The highest BCUT2D eigenvalue weighted by molar-refractivity contribution is 5.79. The Labute approximate surface area is 231 Å². The predicted octanol–water partition coefficient (Wildman–Crippen LogP) is 5.87. The number of likely N-dealkylation sites (tertiary alicyclic amines) is 1. The third kappa shape index (κ3) is 4.24. The molecule has 5 fully saturated rings. The molecule has 5 heteroatoms. The molecule has 212 valence electrons. The largest absolute Gasteiger partial charge is 0.369 e. The molecule has 2 saturated heterocycles. The molecule has 1 unspecified atom stereocenters. The van der Waals surface area contributed by atoms with Gasteiger partial charge in [0.2, 0.25) is 5.91 Å². The van der Waals surface area contributed by atoms with Crippen LogP contribution >= 0.6 is 0 Å². The van der Waals surface area contributed by atoms with Gasteiger partial charge in [-0.2, -0.15) is 0 Å². The van der Waals surface area contributed by atoms with Gasteiger partial charge in [-0.15, -0.1) is 0 Å². The van der Waals surface area contributed by atoms with Crippen molar-refractivity contribution in [2.75, 3.05) is 26.7 Å². The number of rotatable bonds is 3. The van der Waals surface area contributed by atoms with Crippen molar-refractivity contribution in [2.45, 2.75) is 117 Å². The van der Waals surface area contributed by atoms with Gasteiger partial charge >= 0.3 is 0 Å². The third-order valence-corrected chi connectivity index (χ3v) is 12.9. The van der Waals surface area contributed by atoms with Crippen LogP contribution in [0.2, 0.25) is 0 Å². The van der Waals surface area contributed by atoms with Gasteiger partial charge in [0, 0.05) is 58.4 Å². The van der Waals surface area contributed by atoms with E-state index in [1.807, 2.05) is 11.9 Å². The first-order chi connectivity index (χ1) is 18.0. The zero-order chi connectivity index (χ0) is 27.0. The van der Waals surface area contributed by atoms with E-state index in [-0.39, 0.29) is 11.5 Å². The Kier molecular flexibility index (Phi) is 6.90. The standard InChI is InChI=1S/C33H52N2O3/c1-20-15-30-31(35(19-20)14-13-34(6)23(4)36)22(3)33(38-30)12-10-26-27-8-7-24-16-25(37)9-11-32(24,5)29(27)17-28(26)21(2)18-33/h20,22,24,26-27,29-31H,7-19H2,1-6H3/t20-,22+,24+,26-,27-,29-,30+,31-,32-,33?/m0/s1. The second kappa shape index (κ2) is 9.72. The van der Waals surface area contributed by atoms with Crippen LogP contribution < -0.4 is 0 Å². The van der Waals surface area contributed by atoms with Crippen LogP contribution in [0.1, 0.15) is 98.8 Å². The molecule has 0 aromatic carbocycles. The van der Waals surface area contributed by atoms with Crippen LogP contribution in [-0.4, -0.2) is 65.9 Å². The number of ether oxygens (including phenoxy) is 1. The second-order valence-corrected chi connectivity index (χ2v) is 14.9. The molecule has 5 nitrogen and oxygen atoms in total. The Hall–Kier alpha value is -1.20. The van der Waals surface area contributed by atoms with Crippen LogP contribution in [0.4, 0.5) is 0 Å². The number of hydrogen-bond donors (Lipinski definition) is 0. The SMILES string of the molecule is CC(=O)N(C)CCN1C[C@@H](C)C[C@H]2OC3(CC[C@@H]4C(=C(C)C3)C[C@H]3[C@H]4CC[C@@H]4CC(=O)CC[C@@]43C)[C@H](C)[C@@H]21. The number of nitrogens with zero attached hydrogens (tertiary/aromatic N) is 2. The van der Waals surface area contributed by atoms with Crippen molar-refractivity contribution in [2.24, 2.45) is 40.9 Å². The van der Waals surface area contributed by atoms with E-state index in [4.69, 9.17) is 4.74 Å². The molecule has 1 amide bonds. The van der Waals surface area contributed by atoms with Gasteiger partial charge in [-0.05, 0) is 93.3 Å². The van der Waals surface area contributed by atoms with Crippen molar-refractivity contribution in [3.63, 3.8) is 0 Å². The van der Waals surface area contributed by atoms with Crippen molar-refractivity contribution >= 4 is 11.7 Å². The second-order valence-electron chi connectivity index (χ2n) is 14.9. The maximum absolute atomic E-state index is 12.3. The molecule has 0 bridgehead atoms. The lowest BCUT2D eigenvalue weighted by atomic mass is 9.52. The molecule has 10 atom stereocenters. The van der Waals surface area contributed by atoms with Gasteiger partial charge in [-0.3, -0.25) is 14.5 Å². The van der Waals surface area contributed by atoms with Crippen molar-refractivity contribution in [3.8, 4) is 0 Å². The Bertz CT molecular complexity index is 1010. The van der Waals surface area contributed by atoms with E-state index < -0.39 is 0 Å². The fourth-order valence-corrected chi connectivity index (χ4v) is 10.7. The highest BCUT2D eigenvalue weighted by atomic mass is 16.5. The molecule has 1 spiro atoms. The summed E-state index contributed by atoms with van der Waals surface area (Å²) in [7, 11) is 1.93. The Balaban J connectivity index is 1.23. The highest BCUT2D eigenvalue weighted by Gasteiger charge is 2.60. The molecule has 0 N–H and O–H groups in total. The van der Waals surface area contributed by atoms with E-state index in [2.05, 4.69) is 32.6 Å². The van der Waals surface area contributed by atoms with E-state index in [0.717, 1.165) is 69.5 Å². The summed E-state index contributed by atoms with van der Waals surface area (Å²) >= 11 is 0. The van der Waals surface area contributed by atoms with Gasteiger partial charge < -0.3 is 9.64 Å². The number of allylic oxidation sites excluding steroid dienone is 1. The molecule has 2 aliphatic heterocycles. The average Bonchev–Trinajstić information content (AvgIpc) is 3.32. The monoisotopic (exact) mass is 524 g/mol. The number of piperidine rings is 1. The topological polar surface area (TPSA) is 49.9 Å². The van der Waals surface area contributed by atoms with Crippen molar-refractivity contribution in [1.82, 2.24) is 9.80 Å². The number of carbonyl (C=O) groups is 2. The summed E-state index contributed by atoms with van der Waals surface area (Å²) in [5.41, 5.74) is 3.74. The fourth-order valence-electron chi connectivity index (χ4n) is 10.7. The van der Waals surface area contributed by atoms with Crippen LogP contribution in [0.25, 0.3) is 0 Å². The summed E-state index contributed by atoms with van der Waals surface area (Å²) in [5, 5.41) is 0. The summed E-state index contributed by atoms with van der Waals surface area (Å²) in [6.07, 6.45) is 11.7. The molecular weight excluding hydrogens is 472 g/mol. The molecule has 6 rings (SSSR count). The van der Waals surface area contributed by atoms with Gasteiger partial charge in [0.15, 0.2) is 0 Å². The van der Waals surface area contributed by atoms with E-state index in [9.17, 15) is 9.59 Å². The smallest absolute Gasteiger partial charge is 0.219 e. The molecule has 6 aliphatic rings. The third-order valence-electron chi connectivity index (χ3n) is 12.9. The van der Waals surface area contributed by atoms with Crippen LogP contribution in [0.3, 0.4) is 0 Å². The first-order valence-electron chi connectivity index (χ1n) is 15.9. The molecule has 0 aromatic rings. The minimum absolute atomic E-state index is 0.0423. The Morgan fingerprint density at radius 2 is 1.95 bits per heavy atom. The summed E-state index contributed by atoms with van der Waals surface area (Å²) < 4.78 is 7.24. The summed E-state index contributed by atoms with van der Waals surface area (Å²) in [5.74, 6) is 4.73. The molecule has 38 heavy (non-hydrogen) atoms. The number of carbonyl (C=O) groups excluding carboxylic acids is 2. The highest BCUT2D eigenvalue weighted by Crippen LogP contribution is 2.65. The maximum atomic E-state index is 12.3. The van der Waals surface area contributed by atoms with Gasteiger partial charge in [-0.25, -0.2) is 0 Å². The molecule has 0 radical (unpaired) electrons. The van der Waals surface area contributed by atoms with E-state index >= 15 is 0 Å². The van der Waals surface area contributed by atoms with Crippen LogP contribution in [0.15, 0.2) is 11.1 Å². The molecule has 0 aromatic heterocycles. The van der Waals surface area contributed by atoms with Gasteiger partial charge in [0.05, 0.1) is 11.7 Å². The predicted molar refractivity (Wildman–Crippen MR) is 151 cm³/mol. The number of amides is 1. The fraction of sp³-hybridized carbons (Fsp3) is 0.879. The Morgan fingerprint density at radius 1 is 1.16 bits per heavy atom. The number of Topliss-reactive ketones (excluding diaryl/α,β-unsaturated/α-hetero) is 1. The van der Waals surface area contributed by atoms with Crippen LogP contribution in [0, 0.1) is 40.9 Å². The molecule has 4 aliphatic carbocycles. The summed E-state index contributed by atoms with van der Waals surface area (Å²) in [6, 6.07) is 0.462. The number of fused-ring (bicyclic) bond motifs is 6. The summed E-state index contributed by atoms with van der Waals surface area (Å²) in [6.45, 7) is 14.4. The zero-order valence-corrected chi connectivity index (χ0v) is 24.9. The maximum Gasteiger partial charge on any atom is 0.219 e. The quantitative estimate of drug-likeness (QED) is 0.433. The average molecular weight is 525 g/mol. The van der Waals surface area contributed by atoms with Crippen molar-refractivity contribution < 1.29 is 14.3 Å². The minimum atomic E-state index is -0.0423. The molecule has 3 saturated carbocycles. The lowest BCUT2D eigenvalue weighted by molar-refractivity contribution is -0.130. The lowest BCUT2D eigenvalue weighted by Crippen LogP contribution is -2.53. The van der Waals surface area contributed by atoms with Crippen molar-refractivity contribution in [3.05, 3.63) is 11.1 Å². The van der Waals surface area contributed by atoms with Crippen LogP contribution in [0.5, 0.6) is 0 Å². The summed E-state index contributed by atoms with van der Waals surface area (Å²) in [4.78, 5) is 28.7. The van der Waals surface area contributed by atoms with Gasteiger partial charge in [0.25, 0.3) is 0 Å². The van der Waals surface area contributed by atoms with Gasteiger partial charge in [-0.1, -0.05) is 31.9 Å². The lowest BCUT2D eigenvalue weighted by Gasteiger charge is -2.52. The number of ketones is 1. The first-order valence-corrected chi connectivity index (χ1v) is 15.9. The van der Waals surface area contributed by atoms with E-state index in [0.29, 0.717) is 41.1 Å². The molecule has 2 heterocycles. The number of hydrogen-bond acceptors (Lipinski definition) is 4. The molecular formula is C33H52N2O3. The normalized spacial score (nSPS) is 46.8. The van der Waals surface area contributed by atoms with E-state index in [1.165, 1.54) is 32.1 Å². The van der Waals surface area contributed by atoms with Crippen molar-refractivity contribution in [1.29, 1.82) is 0 Å². The minimum Gasteiger partial charge on any atom is -0.369 e. The first kappa shape index (κ1) is 27.0.